The molecule has 0 aliphatic carbocycles. The highest BCUT2D eigenvalue weighted by molar-refractivity contribution is 7.90. The van der Waals surface area contributed by atoms with Crippen LogP contribution >= 0.6 is 11.3 Å². The number of hydrogen-bond donors (Lipinski definition) is 1. The van der Waals surface area contributed by atoms with E-state index in [-0.39, 0.29) is 23.4 Å². The number of amides is 1. The molecule has 3 rings (SSSR count). The predicted molar refractivity (Wildman–Crippen MR) is 101 cm³/mol. The Labute approximate surface area is 152 Å². The fourth-order valence-corrected chi connectivity index (χ4v) is 4.66. The van der Waals surface area contributed by atoms with Crippen molar-refractivity contribution in [3.63, 3.8) is 0 Å². The summed E-state index contributed by atoms with van der Waals surface area (Å²) in [6.45, 7) is 2.82. The van der Waals surface area contributed by atoms with E-state index in [1.807, 2.05) is 23.3 Å². The topological polar surface area (TPSA) is 66.5 Å². The summed E-state index contributed by atoms with van der Waals surface area (Å²) < 4.78 is 23.4. The fraction of sp³-hybridized carbons (Fsp3) is 0.389. The third kappa shape index (κ3) is 4.04. The molecule has 2 heterocycles. The lowest BCUT2D eigenvalue weighted by Gasteiger charge is -2.24. The number of likely N-dealkylation sites (tertiary alicyclic amines) is 1. The molecule has 1 aromatic heterocycles. The Morgan fingerprint density at radius 3 is 2.84 bits per heavy atom. The quantitative estimate of drug-likeness (QED) is 0.867. The van der Waals surface area contributed by atoms with Gasteiger partial charge in [-0.1, -0.05) is 12.1 Å². The van der Waals surface area contributed by atoms with Crippen LogP contribution in [0.25, 0.3) is 0 Å². The second-order valence-electron chi connectivity index (χ2n) is 6.36. The summed E-state index contributed by atoms with van der Waals surface area (Å²) >= 11 is 1.68. The lowest BCUT2D eigenvalue weighted by atomic mass is 10.2. The van der Waals surface area contributed by atoms with Gasteiger partial charge >= 0.3 is 0 Å². The number of hydrogen-bond acceptors (Lipinski definition) is 5. The summed E-state index contributed by atoms with van der Waals surface area (Å²) in [5.74, 6) is 0.0417. The minimum absolute atomic E-state index is 0.0417. The van der Waals surface area contributed by atoms with E-state index in [0.29, 0.717) is 5.69 Å². The summed E-state index contributed by atoms with van der Waals surface area (Å²) in [6, 6.07) is 9.20. The Morgan fingerprint density at radius 1 is 1.36 bits per heavy atom. The molecule has 0 spiro atoms. The molecule has 0 bridgehead atoms. The smallest absolute Gasteiger partial charge is 0.242 e. The number of nitrogens with zero attached hydrogens (tertiary/aromatic N) is 1. The first-order valence-electron chi connectivity index (χ1n) is 8.24. The van der Waals surface area contributed by atoms with E-state index in [2.05, 4.69) is 11.4 Å². The van der Waals surface area contributed by atoms with Gasteiger partial charge in [-0.15, -0.1) is 11.3 Å². The number of benzene rings is 1. The van der Waals surface area contributed by atoms with E-state index >= 15 is 0 Å². The van der Waals surface area contributed by atoms with Crippen LogP contribution in [-0.2, 0) is 14.6 Å². The molecule has 0 radical (unpaired) electrons. The molecule has 7 heteroatoms. The molecule has 1 aromatic carbocycles. The van der Waals surface area contributed by atoms with Crippen LogP contribution in [0.3, 0.4) is 0 Å². The summed E-state index contributed by atoms with van der Waals surface area (Å²) in [7, 11) is -3.27. The van der Waals surface area contributed by atoms with Crippen LogP contribution < -0.4 is 5.32 Å². The number of aryl methyl sites for hydroxylation is 1. The molecule has 1 fully saturated rings. The van der Waals surface area contributed by atoms with Crippen molar-refractivity contribution < 1.29 is 13.2 Å². The van der Waals surface area contributed by atoms with Crippen molar-refractivity contribution in [2.75, 3.05) is 24.7 Å². The monoisotopic (exact) mass is 378 g/mol. The molecule has 1 aliphatic rings. The molecule has 5 nitrogen and oxygen atoms in total. The van der Waals surface area contributed by atoms with Gasteiger partial charge in [0, 0.05) is 23.4 Å². The van der Waals surface area contributed by atoms with Gasteiger partial charge in [-0.3, -0.25) is 4.79 Å². The number of carbonyl (C=O) groups is 1. The lowest BCUT2D eigenvalue weighted by molar-refractivity contribution is -0.130. The van der Waals surface area contributed by atoms with Gasteiger partial charge in [0.2, 0.25) is 5.91 Å². The van der Waals surface area contributed by atoms with Crippen molar-refractivity contribution in [3.8, 4) is 0 Å². The van der Waals surface area contributed by atoms with Crippen LogP contribution in [0.4, 0.5) is 5.69 Å². The maximum atomic E-state index is 12.7. The molecule has 1 aliphatic heterocycles. The van der Waals surface area contributed by atoms with Gasteiger partial charge in [-0.05, 0) is 48.9 Å². The minimum atomic E-state index is -3.27. The van der Waals surface area contributed by atoms with Crippen molar-refractivity contribution in [2.45, 2.75) is 30.7 Å². The molecule has 1 amide bonds. The second kappa shape index (κ2) is 7.17. The molecular formula is C18H22N2O3S2. The lowest BCUT2D eigenvalue weighted by Crippen LogP contribution is -2.35. The van der Waals surface area contributed by atoms with E-state index in [1.54, 1.807) is 29.5 Å². The van der Waals surface area contributed by atoms with E-state index < -0.39 is 9.84 Å². The van der Waals surface area contributed by atoms with Crippen molar-refractivity contribution in [2.24, 2.45) is 0 Å². The fourth-order valence-electron chi connectivity index (χ4n) is 3.14. The standard InChI is InChI=1S/C18H22N2O3S2/c1-13-7-8-14(25(2,22)23)11-15(13)19-12-18(21)20-9-3-5-16(20)17-6-4-10-24-17/h4,6-8,10-11,16,19H,3,5,9,12H2,1-2H3/t16-/m1/s1. The van der Waals surface area contributed by atoms with Crippen LogP contribution in [0.1, 0.15) is 29.3 Å². The number of sulfone groups is 1. The van der Waals surface area contributed by atoms with Crippen LogP contribution in [-0.4, -0.2) is 38.6 Å². The van der Waals surface area contributed by atoms with Crippen molar-refractivity contribution >= 4 is 32.8 Å². The number of nitrogens with one attached hydrogen (secondary N) is 1. The van der Waals surface area contributed by atoms with Gasteiger partial charge in [0.05, 0.1) is 17.5 Å². The molecule has 25 heavy (non-hydrogen) atoms. The van der Waals surface area contributed by atoms with E-state index in [4.69, 9.17) is 0 Å². The Morgan fingerprint density at radius 2 is 2.16 bits per heavy atom. The third-order valence-electron chi connectivity index (χ3n) is 4.51. The first-order chi connectivity index (χ1) is 11.9. The summed E-state index contributed by atoms with van der Waals surface area (Å²) in [4.78, 5) is 16.1. The Kier molecular flexibility index (Phi) is 5.15. The molecule has 1 atom stereocenters. The highest BCUT2D eigenvalue weighted by atomic mass is 32.2. The van der Waals surface area contributed by atoms with Gasteiger partial charge in [0.25, 0.3) is 0 Å². The Balaban J connectivity index is 1.70. The zero-order valence-electron chi connectivity index (χ0n) is 14.4. The van der Waals surface area contributed by atoms with E-state index in [9.17, 15) is 13.2 Å². The number of rotatable bonds is 5. The molecular weight excluding hydrogens is 356 g/mol. The van der Waals surface area contributed by atoms with Gasteiger partial charge in [-0.2, -0.15) is 0 Å². The van der Waals surface area contributed by atoms with Crippen LogP contribution in [0.5, 0.6) is 0 Å². The first kappa shape index (κ1) is 17.9. The number of anilines is 1. The molecule has 1 saturated heterocycles. The SMILES string of the molecule is Cc1ccc(S(C)(=O)=O)cc1NCC(=O)N1CCC[C@@H]1c1cccs1. The zero-order chi connectivity index (χ0) is 18.0. The predicted octanol–water partition coefficient (Wildman–Crippen LogP) is 3.24. The first-order valence-corrected chi connectivity index (χ1v) is 11.0. The van der Waals surface area contributed by atoms with Gasteiger partial charge in [0.1, 0.15) is 0 Å². The van der Waals surface area contributed by atoms with Crippen molar-refractivity contribution in [1.82, 2.24) is 4.90 Å². The maximum Gasteiger partial charge on any atom is 0.242 e. The van der Waals surface area contributed by atoms with Crippen LogP contribution in [0.15, 0.2) is 40.6 Å². The zero-order valence-corrected chi connectivity index (χ0v) is 16.0. The average Bonchev–Trinajstić information content (AvgIpc) is 3.23. The van der Waals surface area contributed by atoms with Crippen molar-refractivity contribution in [3.05, 3.63) is 46.2 Å². The van der Waals surface area contributed by atoms with Crippen LogP contribution in [0, 0.1) is 6.92 Å². The molecule has 134 valence electrons. The highest BCUT2D eigenvalue weighted by Crippen LogP contribution is 2.34. The number of thiophene rings is 1. The van der Waals surface area contributed by atoms with Crippen LogP contribution in [0.2, 0.25) is 0 Å². The van der Waals surface area contributed by atoms with E-state index in [0.717, 1.165) is 24.9 Å². The maximum absolute atomic E-state index is 12.7. The van der Waals surface area contributed by atoms with Gasteiger partial charge < -0.3 is 10.2 Å². The summed E-state index contributed by atoms with van der Waals surface area (Å²) in [5.41, 5.74) is 1.60. The molecule has 2 aromatic rings. The second-order valence-corrected chi connectivity index (χ2v) is 9.36. The molecule has 1 N–H and O–H groups in total. The molecule has 0 saturated carbocycles. The van der Waals surface area contributed by atoms with Gasteiger partial charge in [-0.25, -0.2) is 8.42 Å². The summed E-state index contributed by atoms with van der Waals surface area (Å²) in [5, 5.41) is 5.15. The highest BCUT2D eigenvalue weighted by Gasteiger charge is 2.30. The Hall–Kier alpha value is -1.86. The largest absolute Gasteiger partial charge is 0.376 e. The normalized spacial score (nSPS) is 17.7. The molecule has 0 unspecified atom stereocenters. The third-order valence-corrected chi connectivity index (χ3v) is 6.60. The van der Waals surface area contributed by atoms with Crippen molar-refractivity contribution in [1.29, 1.82) is 0 Å². The summed E-state index contributed by atoms with van der Waals surface area (Å²) in [6.07, 6.45) is 3.19. The minimum Gasteiger partial charge on any atom is -0.376 e. The number of carbonyl (C=O) groups excluding carboxylic acids is 1. The van der Waals surface area contributed by atoms with Gasteiger partial charge in [0.15, 0.2) is 9.84 Å². The Bertz CT molecular complexity index is 860. The van der Waals surface area contributed by atoms with E-state index in [1.165, 1.54) is 11.1 Å². The average molecular weight is 379 g/mol.